The Bertz CT molecular complexity index is 448. The minimum Gasteiger partial charge on any atom is -0.382 e. The highest BCUT2D eigenvalue weighted by Crippen LogP contribution is 2.24. The van der Waals surface area contributed by atoms with Crippen molar-refractivity contribution in [1.29, 1.82) is 0 Å². The lowest BCUT2D eigenvalue weighted by atomic mass is 9.95. The number of non-ortho nitro benzene ring substituents is 1. The predicted octanol–water partition coefficient (Wildman–Crippen LogP) is 3.21. The zero-order valence-corrected chi connectivity index (χ0v) is 11.3. The van der Waals surface area contributed by atoms with Gasteiger partial charge in [-0.3, -0.25) is 10.1 Å². The molecule has 0 spiro atoms. The Morgan fingerprint density at radius 3 is 2.95 bits per heavy atom. The molecule has 2 unspecified atom stereocenters. The van der Waals surface area contributed by atoms with E-state index in [1.54, 1.807) is 12.1 Å². The molecule has 1 saturated heterocycles. The Kier molecular flexibility index (Phi) is 4.37. The number of nitrogens with one attached hydrogen (secondary N) is 1. The lowest BCUT2D eigenvalue weighted by Gasteiger charge is -2.32. The monoisotopic (exact) mass is 264 g/mol. The smallest absolute Gasteiger partial charge is 0.271 e. The maximum Gasteiger partial charge on any atom is 0.271 e. The van der Waals surface area contributed by atoms with Gasteiger partial charge in [0.25, 0.3) is 5.69 Å². The summed E-state index contributed by atoms with van der Waals surface area (Å²) in [6.45, 7) is 5.05. The Hall–Kier alpha value is -1.62. The van der Waals surface area contributed by atoms with Crippen molar-refractivity contribution >= 4 is 11.4 Å². The third kappa shape index (κ3) is 3.67. The van der Waals surface area contributed by atoms with Crippen molar-refractivity contribution in [2.24, 2.45) is 5.92 Å². The number of rotatable bonds is 4. The second kappa shape index (κ2) is 6.02. The van der Waals surface area contributed by atoms with Crippen LogP contribution in [0.3, 0.4) is 0 Å². The molecule has 1 N–H and O–H groups in total. The zero-order chi connectivity index (χ0) is 13.8. The molecule has 1 fully saturated rings. The minimum atomic E-state index is -0.369. The Balaban J connectivity index is 2.00. The normalized spacial score (nSPS) is 23.3. The highest BCUT2D eigenvalue weighted by atomic mass is 16.6. The molecule has 0 radical (unpaired) electrons. The Labute approximate surface area is 113 Å². The number of anilines is 1. The molecule has 5 nitrogen and oxygen atoms in total. The van der Waals surface area contributed by atoms with Gasteiger partial charge in [-0.05, 0) is 24.8 Å². The number of nitro groups is 1. The molecule has 104 valence electrons. The van der Waals surface area contributed by atoms with Gasteiger partial charge in [0, 0.05) is 30.5 Å². The summed E-state index contributed by atoms with van der Waals surface area (Å²) in [6.07, 6.45) is 2.15. The number of hydrogen-bond donors (Lipinski definition) is 1. The Morgan fingerprint density at radius 2 is 2.26 bits per heavy atom. The van der Waals surface area contributed by atoms with Crippen molar-refractivity contribution in [3.05, 3.63) is 34.4 Å². The van der Waals surface area contributed by atoms with Gasteiger partial charge in [-0.2, -0.15) is 0 Å². The van der Waals surface area contributed by atoms with Gasteiger partial charge in [-0.25, -0.2) is 0 Å². The number of nitro benzene ring substituents is 1. The summed E-state index contributed by atoms with van der Waals surface area (Å²) >= 11 is 0. The van der Waals surface area contributed by atoms with Gasteiger partial charge in [0.1, 0.15) is 0 Å². The maximum absolute atomic E-state index is 10.7. The van der Waals surface area contributed by atoms with Crippen molar-refractivity contribution in [2.75, 3.05) is 11.9 Å². The van der Waals surface area contributed by atoms with Crippen LogP contribution in [0.25, 0.3) is 0 Å². The quantitative estimate of drug-likeness (QED) is 0.670. The van der Waals surface area contributed by atoms with E-state index in [-0.39, 0.29) is 16.7 Å². The minimum absolute atomic E-state index is 0.123. The van der Waals surface area contributed by atoms with Crippen LogP contribution in [0.5, 0.6) is 0 Å². The molecule has 0 saturated carbocycles. The molecule has 1 aliphatic heterocycles. The zero-order valence-electron chi connectivity index (χ0n) is 11.3. The van der Waals surface area contributed by atoms with E-state index >= 15 is 0 Å². The second-order valence-electron chi connectivity index (χ2n) is 5.33. The van der Waals surface area contributed by atoms with Gasteiger partial charge >= 0.3 is 0 Å². The van der Waals surface area contributed by atoms with Crippen molar-refractivity contribution in [3.63, 3.8) is 0 Å². The molecule has 2 atom stereocenters. The number of ether oxygens (including phenoxy) is 1. The fraction of sp³-hybridized carbons (Fsp3) is 0.571. The summed E-state index contributed by atoms with van der Waals surface area (Å²) in [4.78, 5) is 10.4. The molecule has 1 aliphatic rings. The van der Waals surface area contributed by atoms with E-state index in [1.165, 1.54) is 6.07 Å². The van der Waals surface area contributed by atoms with Gasteiger partial charge in [0.15, 0.2) is 0 Å². The van der Waals surface area contributed by atoms with Crippen molar-refractivity contribution in [1.82, 2.24) is 0 Å². The SMILES string of the molecule is CC(C)C1CC(Nc2cccc([N+](=O)[O-])c2)CCO1. The van der Waals surface area contributed by atoms with E-state index in [4.69, 9.17) is 4.74 Å². The third-order valence-electron chi connectivity index (χ3n) is 3.49. The molecule has 0 aromatic heterocycles. The van der Waals surface area contributed by atoms with E-state index < -0.39 is 0 Å². The summed E-state index contributed by atoms with van der Waals surface area (Å²) in [5, 5.41) is 14.1. The first-order valence-electron chi connectivity index (χ1n) is 6.69. The van der Waals surface area contributed by atoms with Gasteiger partial charge in [-0.15, -0.1) is 0 Å². The first-order chi connectivity index (χ1) is 9.06. The van der Waals surface area contributed by atoms with E-state index in [0.29, 0.717) is 12.0 Å². The summed E-state index contributed by atoms with van der Waals surface area (Å²) in [5.74, 6) is 0.495. The molecule has 1 heterocycles. The van der Waals surface area contributed by atoms with Crippen LogP contribution in [-0.2, 0) is 4.74 Å². The fourth-order valence-electron chi connectivity index (χ4n) is 2.37. The van der Waals surface area contributed by atoms with Crippen LogP contribution in [0.4, 0.5) is 11.4 Å². The van der Waals surface area contributed by atoms with Gasteiger partial charge in [0.05, 0.1) is 11.0 Å². The molecule has 19 heavy (non-hydrogen) atoms. The number of hydrogen-bond acceptors (Lipinski definition) is 4. The molecular formula is C14H20N2O3. The third-order valence-corrected chi connectivity index (χ3v) is 3.49. The van der Waals surface area contributed by atoms with E-state index in [1.807, 2.05) is 6.07 Å². The largest absolute Gasteiger partial charge is 0.382 e. The maximum atomic E-state index is 10.7. The topological polar surface area (TPSA) is 64.4 Å². The van der Waals surface area contributed by atoms with Crippen LogP contribution in [0, 0.1) is 16.0 Å². The average molecular weight is 264 g/mol. The van der Waals surface area contributed by atoms with Crippen molar-refractivity contribution in [3.8, 4) is 0 Å². The molecule has 0 bridgehead atoms. The van der Waals surface area contributed by atoms with Crippen LogP contribution in [0.15, 0.2) is 24.3 Å². The van der Waals surface area contributed by atoms with Gasteiger partial charge < -0.3 is 10.1 Å². The van der Waals surface area contributed by atoms with Crippen LogP contribution < -0.4 is 5.32 Å². The second-order valence-corrected chi connectivity index (χ2v) is 5.33. The summed E-state index contributed by atoms with van der Waals surface area (Å²) in [6, 6.07) is 6.99. The average Bonchev–Trinajstić information content (AvgIpc) is 2.39. The van der Waals surface area contributed by atoms with Crippen molar-refractivity contribution < 1.29 is 9.66 Å². The summed E-state index contributed by atoms with van der Waals surface area (Å²) in [5.41, 5.74) is 0.932. The highest BCUT2D eigenvalue weighted by molar-refractivity contribution is 5.51. The molecule has 0 amide bonds. The van der Waals surface area contributed by atoms with E-state index in [0.717, 1.165) is 25.1 Å². The molecule has 1 aromatic rings. The van der Waals surface area contributed by atoms with Crippen LogP contribution in [0.2, 0.25) is 0 Å². The van der Waals surface area contributed by atoms with Crippen LogP contribution in [0.1, 0.15) is 26.7 Å². The van der Waals surface area contributed by atoms with Crippen LogP contribution >= 0.6 is 0 Å². The Morgan fingerprint density at radius 1 is 1.47 bits per heavy atom. The van der Waals surface area contributed by atoms with E-state index in [9.17, 15) is 10.1 Å². The van der Waals surface area contributed by atoms with E-state index in [2.05, 4.69) is 19.2 Å². The first-order valence-corrected chi connectivity index (χ1v) is 6.69. The highest BCUT2D eigenvalue weighted by Gasteiger charge is 2.24. The van der Waals surface area contributed by atoms with Gasteiger partial charge in [0.2, 0.25) is 0 Å². The lowest BCUT2D eigenvalue weighted by Crippen LogP contribution is -2.36. The molecular weight excluding hydrogens is 244 g/mol. The standard InChI is InChI=1S/C14H20N2O3/c1-10(2)14-9-12(6-7-19-14)15-11-4-3-5-13(8-11)16(17)18/h3-5,8,10,12,14-15H,6-7,9H2,1-2H3. The first kappa shape index (κ1) is 13.8. The molecule has 2 rings (SSSR count). The fourth-order valence-corrected chi connectivity index (χ4v) is 2.37. The summed E-state index contributed by atoms with van der Waals surface area (Å²) in [7, 11) is 0. The van der Waals surface area contributed by atoms with Crippen molar-refractivity contribution in [2.45, 2.75) is 38.8 Å². The van der Waals surface area contributed by atoms with Gasteiger partial charge in [-0.1, -0.05) is 19.9 Å². The summed E-state index contributed by atoms with van der Waals surface area (Å²) < 4.78 is 5.72. The predicted molar refractivity (Wildman–Crippen MR) is 74.3 cm³/mol. The lowest BCUT2D eigenvalue weighted by molar-refractivity contribution is -0.384. The van der Waals surface area contributed by atoms with Crippen LogP contribution in [-0.4, -0.2) is 23.7 Å². The molecule has 0 aliphatic carbocycles. The number of benzene rings is 1. The number of nitrogens with zero attached hydrogens (tertiary/aromatic N) is 1. The molecule has 1 aromatic carbocycles. The molecule has 5 heteroatoms.